The summed E-state index contributed by atoms with van der Waals surface area (Å²) in [6.07, 6.45) is 0. The molecule has 0 unspecified atom stereocenters. The summed E-state index contributed by atoms with van der Waals surface area (Å²) < 4.78 is 25.4. The van der Waals surface area contributed by atoms with E-state index < -0.39 is 23.3 Å². The van der Waals surface area contributed by atoms with Crippen molar-refractivity contribution >= 4 is 0 Å². The molecule has 1 aromatic rings. The first kappa shape index (κ1) is 11.1. The van der Waals surface area contributed by atoms with Crippen LogP contribution in [0.25, 0.3) is 0 Å². The molecule has 0 amide bonds. The highest BCUT2D eigenvalue weighted by atomic mass is 19.2. The second-order valence-electron chi connectivity index (χ2n) is 3.80. The van der Waals surface area contributed by atoms with Gasteiger partial charge in [-0.25, -0.2) is 8.78 Å². The number of benzene rings is 1. The van der Waals surface area contributed by atoms with Crippen molar-refractivity contribution in [3.8, 4) is 0 Å². The summed E-state index contributed by atoms with van der Waals surface area (Å²) in [6.45, 7) is 3.03. The van der Waals surface area contributed by atoms with E-state index in [4.69, 9.17) is 5.73 Å². The first-order valence-electron chi connectivity index (χ1n) is 4.25. The van der Waals surface area contributed by atoms with Crippen LogP contribution >= 0.6 is 0 Å². The van der Waals surface area contributed by atoms with E-state index in [-0.39, 0.29) is 0 Å². The molecule has 3 N–H and O–H groups in total. The molecule has 0 saturated heterocycles. The Balaban J connectivity index is 3.03. The zero-order valence-electron chi connectivity index (χ0n) is 8.09. The normalized spacial score (nSPS) is 14.1. The molecule has 0 radical (unpaired) electrons. The molecule has 0 saturated carbocycles. The summed E-state index contributed by atoms with van der Waals surface area (Å²) in [5, 5.41) is 9.56. The fraction of sp³-hybridized carbons (Fsp3) is 0.400. The molecule has 14 heavy (non-hydrogen) atoms. The lowest BCUT2D eigenvalue weighted by molar-refractivity contribution is 0.0516. The number of nitrogens with two attached hydrogens (primary N) is 1. The molecule has 0 heterocycles. The van der Waals surface area contributed by atoms with Gasteiger partial charge in [-0.3, -0.25) is 0 Å². The molecule has 4 heteroatoms. The zero-order chi connectivity index (χ0) is 10.9. The van der Waals surface area contributed by atoms with E-state index in [1.807, 2.05) is 0 Å². The van der Waals surface area contributed by atoms with Gasteiger partial charge < -0.3 is 10.8 Å². The van der Waals surface area contributed by atoms with Crippen molar-refractivity contribution < 1.29 is 13.9 Å². The number of halogens is 2. The number of aliphatic hydroxyl groups is 1. The minimum absolute atomic E-state index is 0.372. The van der Waals surface area contributed by atoms with Gasteiger partial charge in [-0.15, -0.1) is 0 Å². The van der Waals surface area contributed by atoms with E-state index in [1.165, 1.54) is 19.9 Å². The molecule has 0 aromatic heterocycles. The van der Waals surface area contributed by atoms with Gasteiger partial charge >= 0.3 is 0 Å². The van der Waals surface area contributed by atoms with Crippen LogP contribution in [0, 0.1) is 11.6 Å². The monoisotopic (exact) mass is 201 g/mol. The molecular weight excluding hydrogens is 188 g/mol. The van der Waals surface area contributed by atoms with Crippen molar-refractivity contribution in [2.45, 2.75) is 25.5 Å². The quantitative estimate of drug-likeness (QED) is 0.765. The Kier molecular flexibility index (Phi) is 2.87. The molecular formula is C10H13F2NO. The van der Waals surface area contributed by atoms with Crippen LogP contribution in [0.5, 0.6) is 0 Å². The van der Waals surface area contributed by atoms with E-state index in [2.05, 4.69) is 0 Å². The van der Waals surface area contributed by atoms with Crippen LogP contribution in [0.4, 0.5) is 8.78 Å². The second-order valence-corrected chi connectivity index (χ2v) is 3.80. The summed E-state index contributed by atoms with van der Waals surface area (Å²) >= 11 is 0. The smallest absolute Gasteiger partial charge is 0.159 e. The SMILES string of the molecule is CC(C)(O)[C@@H](N)c1ccc(F)c(F)c1. The molecule has 0 fully saturated rings. The lowest BCUT2D eigenvalue weighted by Gasteiger charge is -2.25. The summed E-state index contributed by atoms with van der Waals surface area (Å²) in [4.78, 5) is 0. The first-order valence-corrected chi connectivity index (χ1v) is 4.25. The lowest BCUT2D eigenvalue weighted by atomic mass is 9.93. The van der Waals surface area contributed by atoms with Gasteiger partial charge in [0.1, 0.15) is 0 Å². The topological polar surface area (TPSA) is 46.2 Å². The van der Waals surface area contributed by atoms with E-state index in [0.29, 0.717) is 5.56 Å². The molecule has 0 bridgehead atoms. The van der Waals surface area contributed by atoms with E-state index in [0.717, 1.165) is 12.1 Å². The van der Waals surface area contributed by atoms with Crippen molar-refractivity contribution in [3.63, 3.8) is 0 Å². The van der Waals surface area contributed by atoms with Gasteiger partial charge in [0.15, 0.2) is 11.6 Å². The summed E-state index contributed by atoms with van der Waals surface area (Å²) in [6, 6.07) is 2.62. The fourth-order valence-electron chi connectivity index (χ4n) is 1.11. The Morgan fingerprint density at radius 2 is 1.86 bits per heavy atom. The van der Waals surface area contributed by atoms with Crippen molar-refractivity contribution in [1.82, 2.24) is 0 Å². The Labute approximate surface area is 81.4 Å². The van der Waals surface area contributed by atoms with Crippen LogP contribution in [-0.2, 0) is 0 Å². The third kappa shape index (κ3) is 2.27. The molecule has 0 aliphatic carbocycles. The molecule has 1 atom stereocenters. The Bertz CT molecular complexity index is 333. The lowest BCUT2D eigenvalue weighted by Crippen LogP contribution is -2.35. The van der Waals surface area contributed by atoms with Crippen molar-refractivity contribution in [2.24, 2.45) is 5.73 Å². The highest BCUT2D eigenvalue weighted by Crippen LogP contribution is 2.23. The third-order valence-corrected chi connectivity index (χ3v) is 2.06. The Morgan fingerprint density at radius 3 is 2.29 bits per heavy atom. The van der Waals surface area contributed by atoms with E-state index in [1.54, 1.807) is 0 Å². The van der Waals surface area contributed by atoms with Gasteiger partial charge in [0.2, 0.25) is 0 Å². The van der Waals surface area contributed by atoms with Crippen LogP contribution in [0.15, 0.2) is 18.2 Å². The van der Waals surface area contributed by atoms with Crippen molar-refractivity contribution in [2.75, 3.05) is 0 Å². The summed E-state index contributed by atoms with van der Waals surface area (Å²) in [7, 11) is 0. The molecule has 0 aliphatic rings. The Hall–Kier alpha value is -1.00. The largest absolute Gasteiger partial charge is 0.388 e. The predicted molar refractivity (Wildman–Crippen MR) is 49.6 cm³/mol. The molecule has 1 rings (SSSR count). The average molecular weight is 201 g/mol. The Morgan fingerprint density at radius 1 is 1.29 bits per heavy atom. The van der Waals surface area contributed by atoms with Crippen LogP contribution in [0.1, 0.15) is 25.5 Å². The molecule has 78 valence electrons. The maximum absolute atomic E-state index is 12.8. The van der Waals surface area contributed by atoms with Crippen LogP contribution in [0.3, 0.4) is 0 Å². The predicted octanol–water partition coefficient (Wildman–Crippen LogP) is 1.74. The van der Waals surface area contributed by atoms with Crippen molar-refractivity contribution in [1.29, 1.82) is 0 Å². The van der Waals surface area contributed by atoms with E-state index in [9.17, 15) is 13.9 Å². The van der Waals surface area contributed by atoms with Gasteiger partial charge in [-0.05, 0) is 31.5 Å². The third-order valence-electron chi connectivity index (χ3n) is 2.06. The van der Waals surface area contributed by atoms with E-state index >= 15 is 0 Å². The average Bonchev–Trinajstić information content (AvgIpc) is 2.07. The minimum atomic E-state index is -1.16. The molecule has 2 nitrogen and oxygen atoms in total. The standard InChI is InChI=1S/C10H13F2NO/c1-10(2,14)9(13)6-3-4-7(11)8(12)5-6/h3-5,9,14H,13H2,1-2H3/t9-/m0/s1. The van der Waals surface area contributed by atoms with Gasteiger partial charge in [0.05, 0.1) is 11.6 Å². The maximum Gasteiger partial charge on any atom is 0.159 e. The maximum atomic E-state index is 12.8. The first-order chi connectivity index (χ1) is 6.32. The highest BCUT2D eigenvalue weighted by molar-refractivity contribution is 5.23. The molecule has 1 aromatic carbocycles. The highest BCUT2D eigenvalue weighted by Gasteiger charge is 2.25. The van der Waals surface area contributed by atoms with Crippen LogP contribution in [0.2, 0.25) is 0 Å². The summed E-state index contributed by atoms with van der Waals surface area (Å²) in [5.74, 6) is -1.88. The minimum Gasteiger partial charge on any atom is -0.388 e. The number of hydrogen-bond donors (Lipinski definition) is 2. The van der Waals surface area contributed by atoms with Gasteiger partial charge in [-0.1, -0.05) is 6.07 Å². The fourth-order valence-corrected chi connectivity index (χ4v) is 1.11. The molecule has 0 aliphatic heterocycles. The number of rotatable bonds is 2. The van der Waals surface area contributed by atoms with Crippen LogP contribution < -0.4 is 5.73 Å². The van der Waals surface area contributed by atoms with Gasteiger partial charge in [0, 0.05) is 0 Å². The van der Waals surface area contributed by atoms with Crippen molar-refractivity contribution in [3.05, 3.63) is 35.4 Å². The van der Waals surface area contributed by atoms with Gasteiger partial charge in [-0.2, -0.15) is 0 Å². The summed E-state index contributed by atoms with van der Waals surface area (Å²) in [5.41, 5.74) is 4.86. The van der Waals surface area contributed by atoms with Crippen LogP contribution in [-0.4, -0.2) is 10.7 Å². The van der Waals surface area contributed by atoms with Gasteiger partial charge in [0.25, 0.3) is 0 Å². The second kappa shape index (κ2) is 3.63. The zero-order valence-corrected chi connectivity index (χ0v) is 8.09. The molecule has 0 spiro atoms. The number of hydrogen-bond acceptors (Lipinski definition) is 2.